The summed E-state index contributed by atoms with van der Waals surface area (Å²) in [4.78, 5) is 10.8. The van der Waals surface area contributed by atoms with E-state index in [1.54, 1.807) is 6.07 Å². The Labute approximate surface area is 94.9 Å². The summed E-state index contributed by atoms with van der Waals surface area (Å²) in [6, 6.07) is 4.48. The van der Waals surface area contributed by atoms with Gasteiger partial charge in [-0.1, -0.05) is 6.07 Å². The van der Waals surface area contributed by atoms with Crippen LogP contribution in [0.5, 0.6) is 0 Å². The first-order chi connectivity index (χ1) is 7.79. The minimum absolute atomic E-state index is 0.340. The SMILES string of the molecule is O=Cc1cc(F)ccc1CC1CCCNC1. The van der Waals surface area contributed by atoms with Gasteiger partial charge in [0.05, 0.1) is 0 Å². The van der Waals surface area contributed by atoms with E-state index in [4.69, 9.17) is 0 Å². The second-order valence-electron chi connectivity index (χ2n) is 4.38. The Morgan fingerprint density at radius 1 is 1.50 bits per heavy atom. The zero-order chi connectivity index (χ0) is 11.4. The molecule has 1 fully saturated rings. The lowest BCUT2D eigenvalue weighted by Crippen LogP contribution is -2.31. The van der Waals surface area contributed by atoms with Crippen LogP contribution in [0.25, 0.3) is 0 Å². The van der Waals surface area contributed by atoms with Gasteiger partial charge in [-0.05, 0) is 56.0 Å². The summed E-state index contributed by atoms with van der Waals surface area (Å²) in [5.41, 5.74) is 1.45. The zero-order valence-corrected chi connectivity index (χ0v) is 9.21. The third-order valence-corrected chi connectivity index (χ3v) is 3.14. The van der Waals surface area contributed by atoms with Crippen molar-refractivity contribution in [2.45, 2.75) is 19.3 Å². The fourth-order valence-electron chi connectivity index (χ4n) is 2.27. The fourth-order valence-corrected chi connectivity index (χ4v) is 2.27. The quantitative estimate of drug-likeness (QED) is 0.793. The molecule has 0 aromatic heterocycles. The lowest BCUT2D eigenvalue weighted by Gasteiger charge is -2.23. The van der Waals surface area contributed by atoms with Gasteiger partial charge >= 0.3 is 0 Å². The molecule has 0 saturated carbocycles. The number of carbonyl (C=O) groups excluding carboxylic acids is 1. The zero-order valence-electron chi connectivity index (χ0n) is 9.21. The summed E-state index contributed by atoms with van der Waals surface area (Å²) in [6.45, 7) is 2.08. The van der Waals surface area contributed by atoms with Crippen LogP contribution in [-0.4, -0.2) is 19.4 Å². The summed E-state index contributed by atoms with van der Waals surface area (Å²) in [5, 5.41) is 3.34. The van der Waals surface area contributed by atoms with Crippen molar-refractivity contribution < 1.29 is 9.18 Å². The minimum atomic E-state index is -0.340. The molecule has 0 bridgehead atoms. The van der Waals surface area contributed by atoms with E-state index in [2.05, 4.69) is 5.32 Å². The van der Waals surface area contributed by atoms with Crippen LogP contribution in [0.15, 0.2) is 18.2 Å². The molecular formula is C13H16FNO. The monoisotopic (exact) mass is 221 g/mol. The number of nitrogens with one attached hydrogen (secondary N) is 1. The van der Waals surface area contributed by atoms with Crippen LogP contribution in [0, 0.1) is 11.7 Å². The molecule has 1 unspecified atom stereocenters. The molecule has 1 N–H and O–H groups in total. The topological polar surface area (TPSA) is 29.1 Å². The van der Waals surface area contributed by atoms with Crippen molar-refractivity contribution in [3.8, 4) is 0 Å². The Morgan fingerprint density at radius 2 is 2.38 bits per heavy atom. The van der Waals surface area contributed by atoms with E-state index in [-0.39, 0.29) is 5.82 Å². The highest BCUT2D eigenvalue weighted by Crippen LogP contribution is 2.19. The average molecular weight is 221 g/mol. The van der Waals surface area contributed by atoms with Gasteiger partial charge < -0.3 is 5.32 Å². The first kappa shape index (κ1) is 11.3. The average Bonchev–Trinajstić information content (AvgIpc) is 2.33. The summed E-state index contributed by atoms with van der Waals surface area (Å²) >= 11 is 0. The maximum atomic E-state index is 12.9. The highest BCUT2D eigenvalue weighted by Gasteiger charge is 2.15. The molecule has 1 saturated heterocycles. The van der Waals surface area contributed by atoms with E-state index >= 15 is 0 Å². The molecule has 2 rings (SSSR count). The number of halogens is 1. The second-order valence-corrected chi connectivity index (χ2v) is 4.38. The minimum Gasteiger partial charge on any atom is -0.316 e. The van der Waals surface area contributed by atoms with Crippen LogP contribution in [0.4, 0.5) is 4.39 Å². The molecule has 3 heteroatoms. The first-order valence-corrected chi connectivity index (χ1v) is 5.74. The first-order valence-electron chi connectivity index (χ1n) is 5.74. The third kappa shape index (κ3) is 2.67. The summed E-state index contributed by atoms with van der Waals surface area (Å²) < 4.78 is 12.9. The van der Waals surface area contributed by atoms with Crippen molar-refractivity contribution in [1.82, 2.24) is 5.32 Å². The van der Waals surface area contributed by atoms with Crippen LogP contribution >= 0.6 is 0 Å². The van der Waals surface area contributed by atoms with Gasteiger partial charge in [0.15, 0.2) is 0 Å². The molecule has 0 amide bonds. The standard InChI is InChI=1S/C13H16FNO/c14-13-4-3-11(12(7-13)9-16)6-10-2-1-5-15-8-10/h3-4,7,9-10,15H,1-2,5-6,8H2. The van der Waals surface area contributed by atoms with Gasteiger partial charge in [-0.2, -0.15) is 0 Å². The van der Waals surface area contributed by atoms with Crippen molar-refractivity contribution in [3.63, 3.8) is 0 Å². The number of benzene rings is 1. The van der Waals surface area contributed by atoms with Crippen molar-refractivity contribution in [3.05, 3.63) is 35.1 Å². The van der Waals surface area contributed by atoms with E-state index in [0.29, 0.717) is 11.5 Å². The molecule has 0 spiro atoms. The number of aldehydes is 1. The van der Waals surface area contributed by atoms with Gasteiger partial charge in [0, 0.05) is 5.56 Å². The molecule has 1 atom stereocenters. The van der Waals surface area contributed by atoms with E-state index in [9.17, 15) is 9.18 Å². The van der Waals surface area contributed by atoms with Crippen molar-refractivity contribution in [2.24, 2.45) is 5.92 Å². The maximum absolute atomic E-state index is 12.9. The Morgan fingerprint density at radius 3 is 3.06 bits per heavy atom. The van der Waals surface area contributed by atoms with Gasteiger partial charge in [0.2, 0.25) is 0 Å². The molecule has 1 aliphatic rings. The highest BCUT2D eigenvalue weighted by atomic mass is 19.1. The fraction of sp³-hybridized carbons (Fsp3) is 0.462. The molecule has 1 aromatic carbocycles. The van der Waals surface area contributed by atoms with Crippen molar-refractivity contribution in [2.75, 3.05) is 13.1 Å². The molecule has 1 aromatic rings. The predicted molar refractivity (Wildman–Crippen MR) is 61.1 cm³/mol. The Kier molecular flexibility index (Phi) is 3.67. The Hall–Kier alpha value is -1.22. The smallest absolute Gasteiger partial charge is 0.150 e. The van der Waals surface area contributed by atoms with E-state index in [1.165, 1.54) is 25.0 Å². The van der Waals surface area contributed by atoms with Gasteiger partial charge in [0.1, 0.15) is 12.1 Å². The van der Waals surface area contributed by atoms with Crippen LogP contribution in [0.1, 0.15) is 28.8 Å². The Bertz CT molecular complexity index is 372. The van der Waals surface area contributed by atoms with Gasteiger partial charge in [-0.25, -0.2) is 4.39 Å². The van der Waals surface area contributed by atoms with Crippen LogP contribution in [0.3, 0.4) is 0 Å². The third-order valence-electron chi connectivity index (χ3n) is 3.14. The molecule has 0 radical (unpaired) electrons. The summed E-state index contributed by atoms with van der Waals surface area (Å²) in [5.74, 6) is 0.227. The maximum Gasteiger partial charge on any atom is 0.150 e. The van der Waals surface area contributed by atoms with E-state index in [0.717, 1.165) is 31.4 Å². The van der Waals surface area contributed by atoms with Crippen LogP contribution < -0.4 is 5.32 Å². The molecule has 1 aliphatic heterocycles. The Balaban J connectivity index is 2.10. The van der Waals surface area contributed by atoms with E-state index < -0.39 is 0 Å². The second kappa shape index (κ2) is 5.21. The largest absolute Gasteiger partial charge is 0.316 e. The molecular weight excluding hydrogens is 205 g/mol. The van der Waals surface area contributed by atoms with Crippen LogP contribution in [-0.2, 0) is 6.42 Å². The number of rotatable bonds is 3. The van der Waals surface area contributed by atoms with Crippen LogP contribution in [0.2, 0.25) is 0 Å². The number of hydrogen-bond donors (Lipinski definition) is 1. The number of hydrogen-bond acceptors (Lipinski definition) is 2. The van der Waals surface area contributed by atoms with Gasteiger partial charge in [0.25, 0.3) is 0 Å². The molecule has 86 valence electrons. The van der Waals surface area contributed by atoms with Gasteiger partial charge in [-0.3, -0.25) is 4.79 Å². The van der Waals surface area contributed by atoms with Crippen molar-refractivity contribution >= 4 is 6.29 Å². The molecule has 2 nitrogen and oxygen atoms in total. The van der Waals surface area contributed by atoms with Crippen molar-refractivity contribution in [1.29, 1.82) is 0 Å². The number of carbonyl (C=O) groups is 1. The summed E-state index contributed by atoms with van der Waals surface area (Å²) in [6.07, 6.45) is 3.97. The highest BCUT2D eigenvalue weighted by molar-refractivity contribution is 5.77. The predicted octanol–water partition coefficient (Wildman–Crippen LogP) is 2.18. The number of piperidine rings is 1. The molecule has 1 heterocycles. The van der Waals surface area contributed by atoms with Gasteiger partial charge in [-0.15, -0.1) is 0 Å². The summed E-state index contributed by atoms with van der Waals surface area (Å²) in [7, 11) is 0. The lowest BCUT2D eigenvalue weighted by atomic mass is 9.90. The normalized spacial score (nSPS) is 20.7. The lowest BCUT2D eigenvalue weighted by molar-refractivity contribution is 0.112. The molecule has 16 heavy (non-hydrogen) atoms. The molecule has 0 aliphatic carbocycles. The van der Waals surface area contributed by atoms with E-state index in [1.807, 2.05) is 0 Å².